The lowest BCUT2D eigenvalue weighted by molar-refractivity contribution is -0.131. The highest BCUT2D eigenvalue weighted by molar-refractivity contribution is 9.10. The summed E-state index contributed by atoms with van der Waals surface area (Å²) in [6, 6.07) is 4.97. The smallest absolute Gasteiger partial charge is 0.415 e. The molecule has 6 heteroatoms. The number of alkyl carbamates (subject to hydrolysis) is 1. The van der Waals surface area contributed by atoms with Gasteiger partial charge in [-0.15, -0.1) is 0 Å². The lowest BCUT2D eigenvalue weighted by atomic mass is 9.95. The highest BCUT2D eigenvalue weighted by Gasteiger charge is 2.57. The van der Waals surface area contributed by atoms with Gasteiger partial charge in [-0.05, 0) is 12.1 Å². The number of carbonyl (C=O) groups excluding carboxylic acids is 3. The van der Waals surface area contributed by atoms with Gasteiger partial charge in [0.15, 0.2) is 5.78 Å². The first-order valence-electron chi connectivity index (χ1n) is 4.90. The second-order valence-electron chi connectivity index (χ2n) is 3.96. The van der Waals surface area contributed by atoms with Crippen LogP contribution in [-0.4, -0.2) is 17.8 Å². The molecule has 1 spiro atoms. The topological polar surface area (TPSA) is 72.5 Å². The Hall–Kier alpha value is -1.69. The summed E-state index contributed by atoms with van der Waals surface area (Å²) < 4.78 is 5.77. The molecule has 1 heterocycles. The van der Waals surface area contributed by atoms with Gasteiger partial charge in [-0.3, -0.25) is 14.9 Å². The predicted octanol–water partition coefficient (Wildman–Crippen LogP) is 1.50. The lowest BCUT2D eigenvalue weighted by Crippen LogP contribution is -2.34. The number of carbonyl (C=O) groups is 3. The Morgan fingerprint density at radius 3 is 2.71 bits per heavy atom. The van der Waals surface area contributed by atoms with Crippen LogP contribution in [0.15, 0.2) is 22.7 Å². The minimum absolute atomic E-state index is 0.129. The van der Waals surface area contributed by atoms with E-state index >= 15 is 0 Å². The summed E-state index contributed by atoms with van der Waals surface area (Å²) in [4.78, 5) is 34.7. The molecule has 1 atom stereocenters. The molecule has 1 N–H and O–H groups in total. The molecule has 0 bridgehead atoms. The summed E-state index contributed by atoms with van der Waals surface area (Å²) in [5.41, 5.74) is -0.581. The molecule has 3 rings (SSSR count). The number of benzene rings is 1. The summed E-state index contributed by atoms with van der Waals surface area (Å²) in [5.74, 6) is -0.775. The van der Waals surface area contributed by atoms with Gasteiger partial charge in [0.25, 0.3) is 5.91 Å². The van der Waals surface area contributed by atoms with Gasteiger partial charge in [0, 0.05) is 15.6 Å². The van der Waals surface area contributed by atoms with E-state index in [9.17, 15) is 14.4 Å². The van der Waals surface area contributed by atoms with Crippen molar-refractivity contribution in [2.45, 2.75) is 12.0 Å². The van der Waals surface area contributed by atoms with E-state index in [1.807, 2.05) is 0 Å². The van der Waals surface area contributed by atoms with Gasteiger partial charge in [-0.2, -0.15) is 0 Å². The number of imide groups is 1. The van der Waals surface area contributed by atoms with Crippen molar-refractivity contribution in [3.8, 4) is 0 Å². The summed E-state index contributed by atoms with van der Waals surface area (Å²) in [6.07, 6.45) is -0.935. The van der Waals surface area contributed by atoms with Gasteiger partial charge >= 0.3 is 6.09 Å². The molecule has 1 aliphatic heterocycles. The zero-order valence-corrected chi connectivity index (χ0v) is 10.0. The van der Waals surface area contributed by atoms with E-state index in [0.29, 0.717) is 11.1 Å². The number of Topliss-reactive ketones (excluding diaryl/α,β-unsaturated/α-hetero) is 1. The first-order chi connectivity index (χ1) is 8.03. The highest BCUT2D eigenvalue weighted by Crippen LogP contribution is 2.43. The second-order valence-corrected chi connectivity index (χ2v) is 4.88. The van der Waals surface area contributed by atoms with Gasteiger partial charge in [0.2, 0.25) is 5.60 Å². The summed E-state index contributed by atoms with van der Waals surface area (Å²) >= 11 is 3.26. The Morgan fingerprint density at radius 2 is 2.06 bits per heavy atom. The van der Waals surface area contributed by atoms with Crippen LogP contribution in [0.3, 0.4) is 0 Å². The minimum atomic E-state index is -1.45. The van der Waals surface area contributed by atoms with E-state index in [0.717, 1.165) is 4.47 Å². The number of fused-ring (bicyclic) bond motifs is 2. The SMILES string of the molecule is O=C1NC(=O)[C@@]2(CC(=O)c3cc(Br)ccc32)O1. The van der Waals surface area contributed by atoms with Crippen LogP contribution in [0, 0.1) is 0 Å². The normalized spacial score (nSPS) is 26.1. The van der Waals surface area contributed by atoms with Crippen molar-refractivity contribution in [3.05, 3.63) is 33.8 Å². The van der Waals surface area contributed by atoms with Crippen LogP contribution in [0.5, 0.6) is 0 Å². The summed E-state index contributed by atoms with van der Waals surface area (Å²) in [5, 5.41) is 2.06. The van der Waals surface area contributed by atoms with Gasteiger partial charge in [0.05, 0.1) is 6.42 Å². The molecule has 1 aliphatic carbocycles. The molecule has 0 saturated carbocycles. The monoisotopic (exact) mass is 295 g/mol. The van der Waals surface area contributed by atoms with E-state index in [-0.39, 0.29) is 12.2 Å². The molecule has 1 aromatic carbocycles. The Balaban J connectivity index is 2.23. The number of amides is 2. The molecule has 0 aromatic heterocycles. The fraction of sp³-hybridized carbons (Fsp3) is 0.182. The Labute approximate surface area is 104 Å². The van der Waals surface area contributed by atoms with Crippen molar-refractivity contribution in [1.82, 2.24) is 5.32 Å². The first-order valence-corrected chi connectivity index (χ1v) is 5.70. The van der Waals surface area contributed by atoms with Crippen molar-refractivity contribution in [2.75, 3.05) is 0 Å². The fourth-order valence-corrected chi connectivity index (χ4v) is 2.59. The Morgan fingerprint density at radius 1 is 1.29 bits per heavy atom. The maximum absolute atomic E-state index is 11.8. The van der Waals surface area contributed by atoms with Crippen LogP contribution < -0.4 is 5.32 Å². The molecular weight excluding hydrogens is 290 g/mol. The molecule has 1 fully saturated rings. The standard InChI is InChI=1S/C11H6BrNO4/c12-5-1-2-7-6(3-5)8(14)4-11(7)9(15)13-10(16)17-11/h1-3H,4H2,(H,13,15,16)/t11-/m0/s1. The number of rotatable bonds is 0. The highest BCUT2D eigenvalue weighted by atomic mass is 79.9. The van der Waals surface area contributed by atoms with Crippen molar-refractivity contribution in [2.24, 2.45) is 0 Å². The molecule has 86 valence electrons. The van der Waals surface area contributed by atoms with Crippen molar-refractivity contribution in [1.29, 1.82) is 0 Å². The number of ether oxygens (including phenoxy) is 1. The van der Waals surface area contributed by atoms with Gasteiger partial charge < -0.3 is 4.74 Å². The van der Waals surface area contributed by atoms with Crippen LogP contribution in [-0.2, 0) is 15.1 Å². The minimum Gasteiger partial charge on any atom is -0.427 e. The summed E-state index contributed by atoms with van der Waals surface area (Å²) in [7, 11) is 0. The average Bonchev–Trinajstić information content (AvgIpc) is 2.67. The maximum atomic E-state index is 11.8. The second kappa shape index (κ2) is 3.16. The van der Waals surface area contributed by atoms with Crippen molar-refractivity contribution < 1.29 is 19.1 Å². The molecule has 1 aromatic rings. The molecule has 0 unspecified atom stereocenters. The van der Waals surface area contributed by atoms with Crippen molar-refractivity contribution >= 4 is 33.7 Å². The number of hydrogen-bond acceptors (Lipinski definition) is 4. The molecule has 2 aliphatic rings. The van der Waals surface area contributed by atoms with Gasteiger partial charge in [-0.1, -0.05) is 22.0 Å². The zero-order chi connectivity index (χ0) is 12.2. The zero-order valence-electron chi connectivity index (χ0n) is 8.45. The number of halogens is 1. The quantitative estimate of drug-likeness (QED) is 0.787. The fourth-order valence-electron chi connectivity index (χ4n) is 2.23. The van der Waals surface area contributed by atoms with Gasteiger partial charge in [0.1, 0.15) is 0 Å². The maximum Gasteiger partial charge on any atom is 0.415 e. The van der Waals surface area contributed by atoms with E-state index in [1.165, 1.54) is 0 Å². The van der Waals surface area contributed by atoms with Crippen LogP contribution in [0.2, 0.25) is 0 Å². The molecular formula is C11H6BrNO4. The van der Waals surface area contributed by atoms with Crippen LogP contribution >= 0.6 is 15.9 Å². The van der Waals surface area contributed by atoms with Gasteiger partial charge in [-0.25, -0.2) is 4.79 Å². The third-order valence-electron chi connectivity index (χ3n) is 2.98. The third kappa shape index (κ3) is 1.27. The molecule has 5 nitrogen and oxygen atoms in total. The number of nitrogens with one attached hydrogen (secondary N) is 1. The van der Waals surface area contributed by atoms with Crippen molar-refractivity contribution in [3.63, 3.8) is 0 Å². The van der Waals surface area contributed by atoms with E-state index in [1.54, 1.807) is 18.2 Å². The molecule has 17 heavy (non-hydrogen) atoms. The number of hydrogen-bond donors (Lipinski definition) is 1. The summed E-state index contributed by atoms with van der Waals surface area (Å²) in [6.45, 7) is 0. The largest absolute Gasteiger partial charge is 0.427 e. The van der Waals surface area contributed by atoms with Crippen LogP contribution in [0.25, 0.3) is 0 Å². The molecule has 2 amide bonds. The van der Waals surface area contributed by atoms with Crippen LogP contribution in [0.1, 0.15) is 22.3 Å². The third-order valence-corrected chi connectivity index (χ3v) is 3.47. The average molecular weight is 296 g/mol. The van der Waals surface area contributed by atoms with E-state index < -0.39 is 17.6 Å². The molecule has 1 saturated heterocycles. The Bertz CT molecular complexity index is 583. The molecule has 0 radical (unpaired) electrons. The predicted molar refractivity (Wildman–Crippen MR) is 59.4 cm³/mol. The van der Waals surface area contributed by atoms with E-state index in [4.69, 9.17) is 4.74 Å². The Kier molecular flexibility index (Phi) is 1.95. The van der Waals surface area contributed by atoms with Crippen LogP contribution in [0.4, 0.5) is 4.79 Å². The number of ketones is 1. The lowest BCUT2D eigenvalue weighted by Gasteiger charge is -2.18. The van der Waals surface area contributed by atoms with E-state index in [2.05, 4.69) is 21.2 Å². The first kappa shape index (κ1) is 10.5.